The lowest BCUT2D eigenvalue weighted by atomic mass is 9.92. The fourth-order valence-electron chi connectivity index (χ4n) is 3.23. The smallest absolute Gasteiger partial charge is 0.242 e. The van der Waals surface area contributed by atoms with Crippen LogP contribution in [0.15, 0.2) is 18.6 Å². The Balaban J connectivity index is 1.73. The highest BCUT2D eigenvalue weighted by atomic mass is 16.3. The maximum absolute atomic E-state index is 12.6. The Morgan fingerprint density at radius 3 is 2.92 bits per heavy atom. The number of aromatic nitrogens is 4. The molecule has 1 aliphatic heterocycles. The van der Waals surface area contributed by atoms with Gasteiger partial charge in [0.2, 0.25) is 5.91 Å². The van der Waals surface area contributed by atoms with Crippen LogP contribution in [0.25, 0.3) is 0 Å². The SMILES string of the molecule is Cc1ncc(CO)c(C2CCCN(C(=O)Cn3ccnc3C)C2)n1. The highest BCUT2D eigenvalue weighted by Crippen LogP contribution is 2.28. The molecule has 0 aromatic carbocycles. The topological polar surface area (TPSA) is 84.1 Å². The summed E-state index contributed by atoms with van der Waals surface area (Å²) < 4.78 is 1.86. The molecule has 0 spiro atoms. The predicted molar refractivity (Wildman–Crippen MR) is 88.2 cm³/mol. The lowest BCUT2D eigenvalue weighted by Gasteiger charge is -2.33. The van der Waals surface area contributed by atoms with Gasteiger partial charge < -0.3 is 14.6 Å². The van der Waals surface area contributed by atoms with Crippen molar-refractivity contribution in [2.75, 3.05) is 13.1 Å². The molecule has 1 amide bonds. The predicted octanol–water partition coefficient (Wildman–Crippen LogP) is 1.19. The van der Waals surface area contributed by atoms with E-state index in [1.165, 1.54) is 0 Å². The van der Waals surface area contributed by atoms with Gasteiger partial charge in [-0.15, -0.1) is 0 Å². The highest BCUT2D eigenvalue weighted by Gasteiger charge is 2.27. The number of likely N-dealkylation sites (tertiary alicyclic amines) is 1. The molecule has 1 saturated heterocycles. The molecule has 3 rings (SSSR count). The van der Waals surface area contributed by atoms with Crippen LogP contribution in [-0.2, 0) is 17.9 Å². The number of carbonyl (C=O) groups excluding carboxylic acids is 1. The minimum atomic E-state index is -0.0751. The number of aryl methyl sites for hydroxylation is 2. The molecule has 1 atom stereocenters. The molecule has 0 bridgehead atoms. The molecule has 2 aromatic rings. The summed E-state index contributed by atoms with van der Waals surface area (Å²) in [7, 11) is 0. The second kappa shape index (κ2) is 7.09. The first-order chi connectivity index (χ1) is 11.6. The van der Waals surface area contributed by atoms with Crippen molar-refractivity contribution in [2.45, 2.75) is 45.8 Å². The first-order valence-electron chi connectivity index (χ1n) is 8.27. The number of aliphatic hydroxyl groups excluding tert-OH is 1. The van der Waals surface area contributed by atoms with Crippen LogP contribution in [0.4, 0.5) is 0 Å². The summed E-state index contributed by atoms with van der Waals surface area (Å²) >= 11 is 0. The summed E-state index contributed by atoms with van der Waals surface area (Å²) in [5, 5.41) is 9.55. The number of piperidine rings is 1. The molecule has 0 radical (unpaired) electrons. The van der Waals surface area contributed by atoms with Crippen molar-refractivity contribution >= 4 is 5.91 Å². The number of aliphatic hydroxyl groups is 1. The van der Waals surface area contributed by atoms with Gasteiger partial charge in [-0.25, -0.2) is 15.0 Å². The second-order valence-electron chi connectivity index (χ2n) is 6.27. The molecule has 0 saturated carbocycles. The monoisotopic (exact) mass is 329 g/mol. The molecule has 7 heteroatoms. The quantitative estimate of drug-likeness (QED) is 0.911. The van der Waals surface area contributed by atoms with Crippen LogP contribution in [0.2, 0.25) is 0 Å². The molecule has 0 aliphatic carbocycles. The Labute approximate surface area is 141 Å². The van der Waals surface area contributed by atoms with Crippen LogP contribution in [-0.4, -0.2) is 48.5 Å². The summed E-state index contributed by atoms with van der Waals surface area (Å²) in [6.45, 7) is 5.38. The molecule has 1 fully saturated rings. The number of carbonyl (C=O) groups is 1. The van der Waals surface area contributed by atoms with Gasteiger partial charge in [0, 0.05) is 43.2 Å². The van der Waals surface area contributed by atoms with Crippen molar-refractivity contribution < 1.29 is 9.90 Å². The van der Waals surface area contributed by atoms with Crippen molar-refractivity contribution in [2.24, 2.45) is 0 Å². The minimum absolute atomic E-state index is 0.0751. The van der Waals surface area contributed by atoms with Gasteiger partial charge in [0.05, 0.1) is 12.3 Å². The Hall–Kier alpha value is -2.28. The Bertz CT molecular complexity index is 728. The molecule has 24 heavy (non-hydrogen) atoms. The van der Waals surface area contributed by atoms with Crippen molar-refractivity contribution in [3.05, 3.63) is 41.5 Å². The van der Waals surface area contributed by atoms with Crippen LogP contribution >= 0.6 is 0 Å². The molecular weight excluding hydrogens is 306 g/mol. The Morgan fingerprint density at radius 1 is 1.38 bits per heavy atom. The first-order valence-corrected chi connectivity index (χ1v) is 8.27. The van der Waals surface area contributed by atoms with Crippen LogP contribution in [0, 0.1) is 13.8 Å². The molecule has 3 heterocycles. The third kappa shape index (κ3) is 3.46. The molecule has 7 nitrogen and oxygen atoms in total. The van der Waals surface area contributed by atoms with Crippen molar-refractivity contribution in [3.8, 4) is 0 Å². The fourth-order valence-corrected chi connectivity index (χ4v) is 3.23. The van der Waals surface area contributed by atoms with E-state index in [0.717, 1.165) is 36.5 Å². The average Bonchev–Trinajstić information content (AvgIpc) is 3.00. The van der Waals surface area contributed by atoms with Gasteiger partial charge in [0.1, 0.15) is 18.2 Å². The van der Waals surface area contributed by atoms with E-state index in [1.54, 1.807) is 12.4 Å². The zero-order valence-electron chi connectivity index (χ0n) is 14.1. The van der Waals surface area contributed by atoms with Gasteiger partial charge in [-0.05, 0) is 26.7 Å². The summed E-state index contributed by atoms with van der Waals surface area (Å²) in [4.78, 5) is 27.3. The first kappa shape index (κ1) is 16.6. The van der Waals surface area contributed by atoms with Crippen LogP contribution in [0.3, 0.4) is 0 Å². The summed E-state index contributed by atoms with van der Waals surface area (Å²) in [6, 6.07) is 0. The van der Waals surface area contributed by atoms with E-state index in [4.69, 9.17) is 0 Å². The maximum atomic E-state index is 12.6. The van der Waals surface area contributed by atoms with Crippen molar-refractivity contribution in [3.63, 3.8) is 0 Å². The van der Waals surface area contributed by atoms with Gasteiger partial charge in [0.25, 0.3) is 0 Å². The van der Waals surface area contributed by atoms with E-state index in [0.29, 0.717) is 18.9 Å². The fraction of sp³-hybridized carbons (Fsp3) is 0.529. The molecule has 1 N–H and O–H groups in total. The molecule has 1 unspecified atom stereocenters. The normalized spacial score (nSPS) is 18.0. The van der Waals surface area contributed by atoms with Crippen LogP contribution in [0.5, 0.6) is 0 Å². The van der Waals surface area contributed by atoms with Crippen molar-refractivity contribution in [1.29, 1.82) is 0 Å². The molecule has 2 aromatic heterocycles. The molecule has 128 valence electrons. The number of hydrogen-bond acceptors (Lipinski definition) is 5. The standard InChI is InChI=1S/C17H23N5O2/c1-12-19-8-15(11-23)17(20-12)14-4-3-6-22(9-14)16(24)10-21-7-5-18-13(21)2/h5,7-8,14,23H,3-4,6,9-11H2,1-2H3. The lowest BCUT2D eigenvalue weighted by molar-refractivity contribution is -0.133. The summed E-state index contributed by atoms with van der Waals surface area (Å²) in [5.41, 5.74) is 1.63. The number of amides is 1. The van der Waals surface area contributed by atoms with Gasteiger partial charge in [-0.1, -0.05) is 0 Å². The largest absolute Gasteiger partial charge is 0.392 e. The Kier molecular flexibility index (Phi) is 4.89. The van der Waals surface area contributed by atoms with E-state index in [9.17, 15) is 9.90 Å². The number of hydrogen-bond donors (Lipinski definition) is 1. The van der Waals surface area contributed by atoms with Gasteiger partial charge in [-0.3, -0.25) is 4.79 Å². The van der Waals surface area contributed by atoms with Crippen LogP contribution in [0.1, 0.15) is 41.7 Å². The lowest BCUT2D eigenvalue weighted by Crippen LogP contribution is -2.41. The van der Waals surface area contributed by atoms with E-state index >= 15 is 0 Å². The van der Waals surface area contributed by atoms with Gasteiger partial charge in [0.15, 0.2) is 0 Å². The number of nitrogens with zero attached hydrogens (tertiary/aromatic N) is 5. The zero-order chi connectivity index (χ0) is 17.1. The molecule has 1 aliphatic rings. The number of imidazole rings is 1. The summed E-state index contributed by atoms with van der Waals surface area (Å²) in [5.74, 6) is 1.78. The van der Waals surface area contributed by atoms with Crippen LogP contribution < -0.4 is 0 Å². The third-order valence-electron chi connectivity index (χ3n) is 4.58. The summed E-state index contributed by atoms with van der Waals surface area (Å²) in [6.07, 6.45) is 7.13. The molecular formula is C17H23N5O2. The van der Waals surface area contributed by atoms with Gasteiger partial charge in [-0.2, -0.15) is 0 Å². The zero-order valence-corrected chi connectivity index (χ0v) is 14.1. The van der Waals surface area contributed by atoms with Gasteiger partial charge >= 0.3 is 0 Å². The third-order valence-corrected chi connectivity index (χ3v) is 4.58. The maximum Gasteiger partial charge on any atom is 0.242 e. The average molecular weight is 329 g/mol. The number of rotatable bonds is 4. The second-order valence-corrected chi connectivity index (χ2v) is 6.27. The van der Waals surface area contributed by atoms with E-state index < -0.39 is 0 Å². The van der Waals surface area contributed by atoms with E-state index in [-0.39, 0.29) is 18.4 Å². The van der Waals surface area contributed by atoms with Crippen molar-refractivity contribution in [1.82, 2.24) is 24.4 Å². The highest BCUT2D eigenvalue weighted by molar-refractivity contribution is 5.76. The van der Waals surface area contributed by atoms with E-state index in [2.05, 4.69) is 15.0 Å². The Morgan fingerprint density at radius 2 is 2.21 bits per heavy atom. The van der Waals surface area contributed by atoms with E-state index in [1.807, 2.05) is 29.5 Å². The minimum Gasteiger partial charge on any atom is -0.392 e.